The maximum Gasteiger partial charge on any atom is 0.573 e. The van der Waals surface area contributed by atoms with E-state index in [0.717, 1.165) is 20.3 Å². The Kier molecular flexibility index (Phi) is 7.09. The highest BCUT2D eigenvalue weighted by atomic mass is 19.4. The molecule has 0 saturated carbocycles. The lowest BCUT2D eigenvalue weighted by Crippen LogP contribution is -2.52. The van der Waals surface area contributed by atoms with Crippen LogP contribution in [0.15, 0.2) is 30.6 Å². The number of urea groups is 1. The Morgan fingerprint density at radius 3 is 2.64 bits per heavy atom. The number of H-pyrrole nitrogens is 1. The number of nitrogens with zero attached hydrogens (tertiary/aromatic N) is 2. The first-order valence-corrected chi connectivity index (χ1v) is 9.73. The highest BCUT2D eigenvalue weighted by Crippen LogP contribution is 2.39. The predicted molar refractivity (Wildman–Crippen MR) is 105 cm³/mol. The number of carbonyl (C=O) groups excluding carboxylic acids is 3. The summed E-state index contributed by atoms with van der Waals surface area (Å²) in [6.45, 7) is 0.0815. The number of hydrogen-bond acceptors (Lipinski definition) is 7. The SMILES string of the molecule is COC(=O)C[C@H](NC(=O)N1CCc2[nH]cnc2C1c1ccccc1OC(F)(F)F)C(=O)OC. The quantitative estimate of drug-likeness (QED) is 0.620. The summed E-state index contributed by atoms with van der Waals surface area (Å²) in [7, 11) is 2.21. The molecule has 2 aromatic rings. The molecule has 0 aliphatic carbocycles. The van der Waals surface area contributed by atoms with Gasteiger partial charge in [0.05, 0.1) is 32.7 Å². The number of fused-ring (bicyclic) bond motifs is 1. The summed E-state index contributed by atoms with van der Waals surface area (Å²) in [5, 5.41) is 2.40. The van der Waals surface area contributed by atoms with E-state index in [1.165, 1.54) is 29.4 Å². The molecule has 1 aromatic carbocycles. The van der Waals surface area contributed by atoms with Crippen molar-refractivity contribution in [3.05, 3.63) is 47.5 Å². The summed E-state index contributed by atoms with van der Waals surface area (Å²) >= 11 is 0. The number of esters is 2. The van der Waals surface area contributed by atoms with E-state index in [9.17, 15) is 27.6 Å². The van der Waals surface area contributed by atoms with Crippen molar-refractivity contribution < 1.29 is 41.8 Å². The number of ether oxygens (including phenoxy) is 3. The van der Waals surface area contributed by atoms with E-state index in [2.05, 4.69) is 29.5 Å². The summed E-state index contributed by atoms with van der Waals surface area (Å²) in [4.78, 5) is 45.2. The summed E-state index contributed by atoms with van der Waals surface area (Å²) in [5.74, 6) is -2.15. The molecular formula is C20H21F3N4O6. The molecule has 2 N–H and O–H groups in total. The molecule has 1 aromatic heterocycles. The first-order chi connectivity index (χ1) is 15.6. The Hall–Kier alpha value is -3.77. The molecule has 3 rings (SSSR count). The van der Waals surface area contributed by atoms with Gasteiger partial charge in [0.25, 0.3) is 0 Å². The van der Waals surface area contributed by atoms with Crippen molar-refractivity contribution in [3.63, 3.8) is 0 Å². The second-order valence-corrected chi connectivity index (χ2v) is 7.00. The van der Waals surface area contributed by atoms with E-state index < -0.39 is 48.6 Å². The number of nitrogens with one attached hydrogen (secondary N) is 2. The van der Waals surface area contributed by atoms with Gasteiger partial charge in [0.15, 0.2) is 0 Å². The van der Waals surface area contributed by atoms with Crippen LogP contribution >= 0.6 is 0 Å². The van der Waals surface area contributed by atoms with Gasteiger partial charge >= 0.3 is 24.3 Å². The molecule has 1 unspecified atom stereocenters. The van der Waals surface area contributed by atoms with Crippen molar-refractivity contribution in [1.29, 1.82) is 0 Å². The maximum atomic E-state index is 13.2. The number of aromatic nitrogens is 2. The first kappa shape index (κ1) is 23.9. The fourth-order valence-corrected chi connectivity index (χ4v) is 3.55. The van der Waals surface area contributed by atoms with Crippen LogP contribution in [0.3, 0.4) is 0 Å². The van der Waals surface area contributed by atoms with Crippen LogP contribution < -0.4 is 10.1 Å². The van der Waals surface area contributed by atoms with E-state index in [4.69, 9.17) is 0 Å². The van der Waals surface area contributed by atoms with E-state index in [-0.39, 0.29) is 12.1 Å². The fourth-order valence-electron chi connectivity index (χ4n) is 3.55. The van der Waals surface area contributed by atoms with Gasteiger partial charge in [-0.15, -0.1) is 13.2 Å². The van der Waals surface area contributed by atoms with Crippen LogP contribution in [0.5, 0.6) is 5.75 Å². The van der Waals surface area contributed by atoms with Crippen LogP contribution in [0.2, 0.25) is 0 Å². The number of para-hydroxylation sites is 1. The number of carbonyl (C=O) groups is 3. The van der Waals surface area contributed by atoms with Gasteiger partial charge in [0.2, 0.25) is 0 Å². The Morgan fingerprint density at radius 2 is 1.97 bits per heavy atom. The molecule has 178 valence electrons. The minimum absolute atomic E-state index is 0.0422. The maximum absolute atomic E-state index is 13.2. The Morgan fingerprint density at radius 1 is 1.24 bits per heavy atom. The predicted octanol–water partition coefficient (Wildman–Crippen LogP) is 2.07. The molecule has 33 heavy (non-hydrogen) atoms. The van der Waals surface area contributed by atoms with Gasteiger partial charge in [0, 0.05) is 24.2 Å². The molecule has 2 amide bonds. The Balaban J connectivity index is 1.97. The number of hydrogen-bond donors (Lipinski definition) is 2. The van der Waals surface area contributed by atoms with Crippen molar-refractivity contribution in [2.24, 2.45) is 0 Å². The lowest BCUT2D eigenvalue weighted by atomic mass is 9.95. The number of rotatable bonds is 6. The zero-order valence-electron chi connectivity index (χ0n) is 17.6. The number of alkyl halides is 3. The number of benzene rings is 1. The van der Waals surface area contributed by atoms with Gasteiger partial charge in [-0.3, -0.25) is 4.79 Å². The molecule has 0 bridgehead atoms. The van der Waals surface area contributed by atoms with Crippen LogP contribution in [0.4, 0.5) is 18.0 Å². The van der Waals surface area contributed by atoms with E-state index in [0.29, 0.717) is 17.8 Å². The van der Waals surface area contributed by atoms with Crippen molar-refractivity contribution in [2.75, 3.05) is 20.8 Å². The second-order valence-electron chi connectivity index (χ2n) is 7.00. The summed E-state index contributed by atoms with van der Waals surface area (Å²) in [6, 6.07) is 2.16. The third kappa shape index (κ3) is 5.54. The second kappa shape index (κ2) is 9.79. The van der Waals surface area contributed by atoms with Crippen molar-refractivity contribution in [2.45, 2.75) is 31.3 Å². The van der Waals surface area contributed by atoms with Gasteiger partial charge in [-0.05, 0) is 6.07 Å². The molecule has 0 fully saturated rings. The third-order valence-electron chi connectivity index (χ3n) is 5.01. The van der Waals surface area contributed by atoms with Gasteiger partial charge in [-0.25, -0.2) is 14.6 Å². The smallest absolute Gasteiger partial charge is 0.469 e. The van der Waals surface area contributed by atoms with E-state index in [1.807, 2.05) is 0 Å². The molecule has 0 radical (unpaired) electrons. The van der Waals surface area contributed by atoms with Crippen molar-refractivity contribution in [3.8, 4) is 5.75 Å². The average molecular weight is 470 g/mol. The standard InChI is InChI=1S/C20H21F3N4O6/c1-31-15(28)9-13(18(29)32-2)26-19(30)27-8-7-12-16(25-10-24-12)17(27)11-5-3-4-6-14(11)33-20(21,22)23/h3-6,10,13,17H,7-9H2,1-2H3,(H,24,25)(H,26,30)/t13-,17?/m0/s1. The molecule has 1 aliphatic heterocycles. The van der Waals surface area contributed by atoms with Crippen LogP contribution in [0, 0.1) is 0 Å². The van der Waals surface area contributed by atoms with Gasteiger partial charge in [0.1, 0.15) is 17.8 Å². The van der Waals surface area contributed by atoms with Gasteiger partial charge in [-0.1, -0.05) is 18.2 Å². The number of imidazole rings is 1. The molecule has 2 heterocycles. The van der Waals surface area contributed by atoms with E-state index in [1.54, 1.807) is 0 Å². The van der Waals surface area contributed by atoms with Crippen molar-refractivity contribution >= 4 is 18.0 Å². The summed E-state index contributed by atoms with van der Waals surface area (Å²) in [5.41, 5.74) is 1.02. The summed E-state index contributed by atoms with van der Waals surface area (Å²) in [6.07, 6.45) is -3.74. The topological polar surface area (TPSA) is 123 Å². The fraction of sp³-hybridized carbons (Fsp3) is 0.400. The zero-order valence-corrected chi connectivity index (χ0v) is 17.6. The Labute approximate surface area is 186 Å². The zero-order chi connectivity index (χ0) is 24.2. The van der Waals surface area contributed by atoms with Crippen LogP contribution in [-0.2, 0) is 25.5 Å². The summed E-state index contributed by atoms with van der Waals surface area (Å²) < 4.78 is 52.4. The normalized spacial score (nSPS) is 16.4. The first-order valence-electron chi connectivity index (χ1n) is 9.73. The molecule has 13 heteroatoms. The number of aromatic amines is 1. The van der Waals surface area contributed by atoms with Gasteiger partial charge in [-0.2, -0.15) is 0 Å². The minimum atomic E-state index is -4.96. The molecule has 1 aliphatic rings. The molecular weight excluding hydrogens is 449 g/mol. The van der Waals surface area contributed by atoms with E-state index >= 15 is 0 Å². The van der Waals surface area contributed by atoms with Crippen LogP contribution in [-0.4, -0.2) is 66.0 Å². The van der Waals surface area contributed by atoms with Crippen molar-refractivity contribution in [1.82, 2.24) is 20.2 Å². The molecule has 0 saturated heterocycles. The number of halogens is 3. The highest BCUT2D eigenvalue weighted by Gasteiger charge is 2.39. The lowest BCUT2D eigenvalue weighted by molar-refractivity contribution is -0.275. The minimum Gasteiger partial charge on any atom is -0.469 e. The lowest BCUT2D eigenvalue weighted by Gasteiger charge is -2.36. The largest absolute Gasteiger partial charge is 0.573 e. The third-order valence-corrected chi connectivity index (χ3v) is 5.01. The van der Waals surface area contributed by atoms with Gasteiger partial charge < -0.3 is 29.4 Å². The monoisotopic (exact) mass is 470 g/mol. The van der Waals surface area contributed by atoms with Crippen LogP contribution in [0.1, 0.15) is 29.4 Å². The average Bonchev–Trinajstić information content (AvgIpc) is 3.25. The highest BCUT2D eigenvalue weighted by molar-refractivity contribution is 5.87. The molecule has 2 atom stereocenters. The Bertz CT molecular complexity index is 1030. The number of methoxy groups -OCH3 is 2. The molecule has 0 spiro atoms. The van der Waals surface area contributed by atoms with Crippen LogP contribution in [0.25, 0.3) is 0 Å². The molecule has 10 nitrogen and oxygen atoms in total. The number of amides is 2.